The van der Waals surface area contributed by atoms with Crippen LogP contribution in [-0.4, -0.2) is 4.98 Å². The fraction of sp³-hybridized carbons (Fsp3) is 0.105. The quantitative estimate of drug-likeness (QED) is 0.538. The molecule has 4 heteroatoms. The van der Waals surface area contributed by atoms with Crippen molar-refractivity contribution in [3.05, 3.63) is 84.1 Å². The Balaban J connectivity index is 1.74. The van der Waals surface area contributed by atoms with Gasteiger partial charge < -0.3 is 10.2 Å². The first-order valence-corrected chi connectivity index (χ1v) is 7.49. The Morgan fingerprint density at radius 2 is 1.57 bits per heavy atom. The summed E-state index contributed by atoms with van der Waals surface area (Å²) >= 11 is 0. The van der Waals surface area contributed by atoms with Crippen LogP contribution in [0.2, 0.25) is 0 Å². The third kappa shape index (κ3) is 3.94. The Kier molecular flexibility index (Phi) is 4.99. The molecule has 116 valence electrons. The van der Waals surface area contributed by atoms with Gasteiger partial charge in [0, 0.05) is 17.3 Å². The van der Waals surface area contributed by atoms with E-state index in [0.717, 1.165) is 22.3 Å². The summed E-state index contributed by atoms with van der Waals surface area (Å²) in [7, 11) is 0. The van der Waals surface area contributed by atoms with Gasteiger partial charge in [0.25, 0.3) is 0 Å². The topological polar surface area (TPSA) is 60.2 Å². The van der Waals surface area contributed by atoms with Crippen LogP contribution in [0.5, 0.6) is 0 Å². The van der Waals surface area contributed by atoms with Crippen LogP contribution in [0.4, 0.5) is 5.82 Å². The molecule has 2 aromatic carbocycles. The number of ether oxygens (including phenoxy) is 1. The van der Waals surface area contributed by atoms with Crippen molar-refractivity contribution in [2.24, 2.45) is 5.84 Å². The maximum atomic E-state index is 5.80. The molecule has 23 heavy (non-hydrogen) atoms. The van der Waals surface area contributed by atoms with E-state index in [0.29, 0.717) is 19.0 Å². The average Bonchev–Trinajstić information content (AvgIpc) is 2.63. The number of rotatable bonds is 6. The molecule has 4 nitrogen and oxygen atoms in total. The minimum absolute atomic E-state index is 0.447. The van der Waals surface area contributed by atoms with E-state index >= 15 is 0 Å². The van der Waals surface area contributed by atoms with Crippen LogP contribution in [-0.2, 0) is 18.0 Å². The zero-order valence-electron chi connectivity index (χ0n) is 12.8. The zero-order chi connectivity index (χ0) is 15.9. The highest BCUT2D eigenvalue weighted by Crippen LogP contribution is 2.23. The van der Waals surface area contributed by atoms with Gasteiger partial charge in [-0.3, -0.25) is 0 Å². The summed E-state index contributed by atoms with van der Waals surface area (Å²) in [6.45, 7) is 1.00. The fourth-order valence-electron chi connectivity index (χ4n) is 2.39. The van der Waals surface area contributed by atoms with Gasteiger partial charge in [-0.15, -0.1) is 0 Å². The van der Waals surface area contributed by atoms with Crippen LogP contribution < -0.4 is 11.3 Å². The summed E-state index contributed by atoms with van der Waals surface area (Å²) in [5, 5.41) is 0. The molecule has 0 aliphatic heterocycles. The molecule has 0 atom stereocenters. The lowest BCUT2D eigenvalue weighted by Crippen LogP contribution is -2.12. The van der Waals surface area contributed by atoms with Gasteiger partial charge in [0.05, 0.1) is 13.2 Å². The second-order valence-electron chi connectivity index (χ2n) is 5.22. The van der Waals surface area contributed by atoms with Crippen LogP contribution in [0.3, 0.4) is 0 Å². The standard InChI is InChI=1S/C19H19N3O/c20-22-19-18(14-23-13-15-7-3-1-4-8-15)11-17(12-21-19)16-9-5-2-6-10-16/h1-12H,13-14,20H2,(H,21,22). The molecular weight excluding hydrogens is 286 g/mol. The van der Waals surface area contributed by atoms with Gasteiger partial charge >= 0.3 is 0 Å². The predicted molar refractivity (Wildman–Crippen MR) is 92.4 cm³/mol. The number of nitrogens with one attached hydrogen (secondary N) is 1. The summed E-state index contributed by atoms with van der Waals surface area (Å²) in [4.78, 5) is 4.38. The highest BCUT2D eigenvalue weighted by atomic mass is 16.5. The first kappa shape index (κ1) is 15.2. The monoisotopic (exact) mass is 305 g/mol. The third-order valence-corrected chi connectivity index (χ3v) is 3.58. The normalized spacial score (nSPS) is 10.5. The lowest BCUT2D eigenvalue weighted by Gasteiger charge is -2.11. The maximum Gasteiger partial charge on any atom is 0.145 e. The fourth-order valence-corrected chi connectivity index (χ4v) is 2.39. The molecule has 0 saturated heterocycles. The van der Waals surface area contributed by atoms with E-state index in [4.69, 9.17) is 10.6 Å². The van der Waals surface area contributed by atoms with E-state index in [-0.39, 0.29) is 0 Å². The number of benzene rings is 2. The van der Waals surface area contributed by atoms with Gasteiger partial charge in [0.15, 0.2) is 0 Å². The van der Waals surface area contributed by atoms with Crippen LogP contribution in [0, 0.1) is 0 Å². The minimum atomic E-state index is 0.447. The van der Waals surface area contributed by atoms with Gasteiger partial charge in [-0.2, -0.15) is 0 Å². The molecule has 1 aromatic heterocycles. The third-order valence-electron chi connectivity index (χ3n) is 3.58. The van der Waals surface area contributed by atoms with E-state index in [1.165, 1.54) is 0 Å². The molecule has 0 radical (unpaired) electrons. The van der Waals surface area contributed by atoms with Gasteiger partial charge in [-0.05, 0) is 17.2 Å². The molecule has 3 aromatic rings. The molecule has 0 aliphatic carbocycles. The van der Waals surface area contributed by atoms with E-state index in [1.54, 1.807) is 0 Å². The maximum absolute atomic E-state index is 5.80. The molecule has 1 heterocycles. The van der Waals surface area contributed by atoms with E-state index in [2.05, 4.69) is 28.6 Å². The van der Waals surface area contributed by atoms with Crippen LogP contribution in [0.1, 0.15) is 11.1 Å². The predicted octanol–water partition coefficient (Wildman–Crippen LogP) is 3.75. The minimum Gasteiger partial charge on any atom is -0.372 e. The van der Waals surface area contributed by atoms with Gasteiger partial charge in [-0.25, -0.2) is 10.8 Å². The number of nitrogens with zero attached hydrogens (tertiary/aromatic N) is 1. The van der Waals surface area contributed by atoms with Crippen LogP contribution in [0.25, 0.3) is 11.1 Å². The molecule has 3 rings (SSSR count). The number of hydrazine groups is 1. The number of nitrogens with two attached hydrogens (primary N) is 1. The van der Waals surface area contributed by atoms with Crippen molar-refractivity contribution >= 4 is 5.82 Å². The summed E-state index contributed by atoms with van der Waals surface area (Å²) in [6.07, 6.45) is 1.81. The second-order valence-corrected chi connectivity index (χ2v) is 5.22. The van der Waals surface area contributed by atoms with Gasteiger partial charge in [0.1, 0.15) is 5.82 Å². The van der Waals surface area contributed by atoms with Crippen molar-refractivity contribution in [1.29, 1.82) is 0 Å². The average molecular weight is 305 g/mol. The molecule has 0 aliphatic rings. The summed E-state index contributed by atoms with van der Waals surface area (Å²) in [5.74, 6) is 6.19. The molecule has 0 saturated carbocycles. The highest BCUT2D eigenvalue weighted by Gasteiger charge is 2.07. The SMILES string of the molecule is NNc1ncc(-c2ccccc2)cc1COCc1ccccc1. The largest absolute Gasteiger partial charge is 0.372 e. The summed E-state index contributed by atoms with van der Waals surface area (Å²) in [6, 6.07) is 22.3. The van der Waals surface area contributed by atoms with Crippen molar-refractivity contribution in [1.82, 2.24) is 4.98 Å². The van der Waals surface area contributed by atoms with Crippen molar-refractivity contribution in [3.8, 4) is 11.1 Å². The Labute approximate surface area is 135 Å². The highest BCUT2D eigenvalue weighted by molar-refractivity contribution is 5.65. The Morgan fingerprint density at radius 3 is 2.26 bits per heavy atom. The van der Waals surface area contributed by atoms with Crippen molar-refractivity contribution in [3.63, 3.8) is 0 Å². The van der Waals surface area contributed by atoms with E-state index < -0.39 is 0 Å². The lowest BCUT2D eigenvalue weighted by molar-refractivity contribution is 0.107. The number of hydrogen-bond acceptors (Lipinski definition) is 4. The molecule has 0 unspecified atom stereocenters. The molecule has 3 N–H and O–H groups in total. The van der Waals surface area contributed by atoms with E-state index in [1.807, 2.05) is 54.7 Å². The Bertz CT molecular complexity index is 745. The molecule has 0 bridgehead atoms. The number of anilines is 1. The number of hydrogen-bond donors (Lipinski definition) is 2. The first-order valence-electron chi connectivity index (χ1n) is 7.49. The Morgan fingerprint density at radius 1 is 0.870 bits per heavy atom. The number of aromatic nitrogens is 1. The Hall–Kier alpha value is -2.69. The summed E-state index contributed by atoms with van der Waals surface area (Å²) < 4.78 is 5.80. The molecule has 0 amide bonds. The number of nitrogen functional groups attached to an aromatic ring is 1. The van der Waals surface area contributed by atoms with Crippen molar-refractivity contribution in [2.45, 2.75) is 13.2 Å². The number of pyridine rings is 1. The van der Waals surface area contributed by atoms with Crippen molar-refractivity contribution < 1.29 is 4.74 Å². The smallest absolute Gasteiger partial charge is 0.145 e. The van der Waals surface area contributed by atoms with Gasteiger partial charge in [-0.1, -0.05) is 60.7 Å². The summed E-state index contributed by atoms with van der Waals surface area (Å²) in [5.41, 5.74) is 6.87. The van der Waals surface area contributed by atoms with Crippen LogP contribution >= 0.6 is 0 Å². The lowest BCUT2D eigenvalue weighted by atomic mass is 10.1. The van der Waals surface area contributed by atoms with Crippen LogP contribution in [0.15, 0.2) is 72.9 Å². The second kappa shape index (κ2) is 7.54. The van der Waals surface area contributed by atoms with Gasteiger partial charge in [0.2, 0.25) is 0 Å². The molecule has 0 fully saturated rings. The molecule has 0 spiro atoms. The van der Waals surface area contributed by atoms with Crippen molar-refractivity contribution in [2.75, 3.05) is 5.43 Å². The zero-order valence-corrected chi connectivity index (χ0v) is 12.8. The first-order chi connectivity index (χ1) is 11.4. The van der Waals surface area contributed by atoms with E-state index in [9.17, 15) is 0 Å². The molecular formula is C19H19N3O.